The summed E-state index contributed by atoms with van der Waals surface area (Å²) >= 11 is 0. The van der Waals surface area contributed by atoms with Crippen LogP contribution in [0, 0.1) is 4.91 Å². The predicted octanol–water partition coefficient (Wildman–Crippen LogP) is 3.69. The van der Waals surface area contributed by atoms with Crippen molar-refractivity contribution < 1.29 is 14.3 Å². The summed E-state index contributed by atoms with van der Waals surface area (Å²) in [6.07, 6.45) is 1.18. The molecule has 6 heteroatoms. The minimum absolute atomic E-state index is 0.0104. The lowest BCUT2D eigenvalue weighted by Crippen LogP contribution is -2.04. The van der Waals surface area contributed by atoms with Gasteiger partial charge in [0.15, 0.2) is 0 Å². The van der Waals surface area contributed by atoms with E-state index in [2.05, 4.69) is 5.18 Å². The minimum Gasteiger partial charge on any atom is -0.508 e. The van der Waals surface area contributed by atoms with E-state index in [0.717, 1.165) is 0 Å². The summed E-state index contributed by atoms with van der Waals surface area (Å²) in [5, 5.41) is 12.4. The van der Waals surface area contributed by atoms with Gasteiger partial charge in [-0.2, -0.15) is 0 Å². The summed E-state index contributed by atoms with van der Waals surface area (Å²) in [6, 6.07) is 10.2. The lowest BCUT2D eigenvalue weighted by atomic mass is 10.2. The molecule has 1 heterocycles. The number of rotatable bonds is 3. The monoisotopic (exact) mass is 283 g/mol. The van der Waals surface area contributed by atoms with E-state index in [9.17, 15) is 14.8 Å². The number of benzene rings is 2. The molecule has 0 fully saturated rings. The van der Waals surface area contributed by atoms with Gasteiger partial charge in [-0.1, -0.05) is 0 Å². The van der Waals surface area contributed by atoms with E-state index >= 15 is 0 Å². The van der Waals surface area contributed by atoms with E-state index in [1.54, 1.807) is 0 Å². The van der Waals surface area contributed by atoms with Crippen molar-refractivity contribution in [3.8, 4) is 17.2 Å². The molecule has 2 aromatic carbocycles. The molecule has 3 rings (SSSR count). The zero-order chi connectivity index (χ0) is 14.8. The number of hydrogen-bond donors (Lipinski definition) is 1. The summed E-state index contributed by atoms with van der Waals surface area (Å²) in [5.41, 5.74) is 0.185. The number of fused-ring (bicyclic) bond motifs is 1. The zero-order valence-electron chi connectivity index (χ0n) is 10.6. The van der Waals surface area contributed by atoms with E-state index in [1.165, 1.54) is 48.7 Å². The molecule has 0 amide bonds. The highest BCUT2D eigenvalue weighted by molar-refractivity contribution is 5.78. The van der Waals surface area contributed by atoms with Crippen LogP contribution in [0.3, 0.4) is 0 Å². The summed E-state index contributed by atoms with van der Waals surface area (Å²) in [6.45, 7) is 0. The smallest absolute Gasteiger partial charge is 0.235 e. The van der Waals surface area contributed by atoms with Gasteiger partial charge in [-0.3, -0.25) is 4.79 Å². The second-order valence-electron chi connectivity index (χ2n) is 4.30. The lowest BCUT2D eigenvalue weighted by Gasteiger charge is -2.05. The Kier molecular flexibility index (Phi) is 3.12. The molecule has 0 spiro atoms. The van der Waals surface area contributed by atoms with Gasteiger partial charge in [-0.25, -0.2) is 0 Å². The fraction of sp³-hybridized carbons (Fsp3) is 0. The molecule has 1 aromatic heterocycles. The largest absolute Gasteiger partial charge is 0.508 e. The standard InChI is InChI=1S/C15H9NO5/c17-10-3-6-12-13(7-10)20-8-14(15(12)18)21-11-4-1-9(16-19)2-5-11/h1-8,17H. The summed E-state index contributed by atoms with van der Waals surface area (Å²) in [5.74, 6) is 0.407. The van der Waals surface area contributed by atoms with Crippen molar-refractivity contribution in [1.29, 1.82) is 0 Å². The molecule has 6 nitrogen and oxygen atoms in total. The van der Waals surface area contributed by atoms with Crippen molar-refractivity contribution in [3.05, 3.63) is 63.9 Å². The minimum atomic E-state index is -0.353. The maximum atomic E-state index is 12.2. The SMILES string of the molecule is O=Nc1ccc(Oc2coc3cc(O)ccc3c2=O)cc1. The van der Waals surface area contributed by atoms with Crippen LogP contribution in [-0.4, -0.2) is 5.11 Å². The molecule has 0 saturated carbocycles. The van der Waals surface area contributed by atoms with Crippen LogP contribution in [0.5, 0.6) is 17.2 Å². The molecule has 21 heavy (non-hydrogen) atoms. The van der Waals surface area contributed by atoms with Gasteiger partial charge in [0, 0.05) is 6.07 Å². The van der Waals surface area contributed by atoms with Crippen LogP contribution in [0.25, 0.3) is 11.0 Å². The molecule has 3 aromatic rings. The Hall–Kier alpha value is -3.15. The van der Waals surface area contributed by atoms with Crippen LogP contribution in [0.2, 0.25) is 0 Å². The molecule has 0 bridgehead atoms. The normalized spacial score (nSPS) is 10.5. The average Bonchev–Trinajstić information content (AvgIpc) is 2.51. The fourth-order valence-electron chi connectivity index (χ4n) is 1.87. The Morgan fingerprint density at radius 1 is 1.10 bits per heavy atom. The first-order valence-electron chi connectivity index (χ1n) is 6.03. The Labute approximate surface area is 118 Å². The quantitative estimate of drug-likeness (QED) is 0.740. The third-order valence-electron chi connectivity index (χ3n) is 2.90. The van der Waals surface area contributed by atoms with Gasteiger partial charge in [-0.05, 0) is 41.6 Å². The van der Waals surface area contributed by atoms with Gasteiger partial charge in [0.2, 0.25) is 11.2 Å². The van der Waals surface area contributed by atoms with E-state index in [0.29, 0.717) is 11.1 Å². The van der Waals surface area contributed by atoms with E-state index in [1.807, 2.05) is 0 Å². The number of phenols is 1. The molecule has 0 aliphatic rings. The molecular formula is C15H9NO5. The van der Waals surface area contributed by atoms with Crippen LogP contribution in [0.15, 0.2) is 63.1 Å². The molecule has 0 unspecified atom stereocenters. The van der Waals surface area contributed by atoms with Crippen LogP contribution >= 0.6 is 0 Å². The number of nitroso groups, excluding NO2 is 1. The number of nitrogens with zero attached hydrogens (tertiary/aromatic N) is 1. The van der Waals surface area contributed by atoms with E-state index in [-0.39, 0.29) is 28.2 Å². The second-order valence-corrected chi connectivity index (χ2v) is 4.30. The molecule has 0 saturated heterocycles. The Morgan fingerprint density at radius 2 is 1.86 bits per heavy atom. The van der Waals surface area contributed by atoms with Crippen molar-refractivity contribution in [2.45, 2.75) is 0 Å². The highest BCUT2D eigenvalue weighted by Gasteiger charge is 2.09. The fourth-order valence-corrected chi connectivity index (χ4v) is 1.87. The van der Waals surface area contributed by atoms with E-state index < -0.39 is 0 Å². The van der Waals surface area contributed by atoms with Gasteiger partial charge in [0.1, 0.15) is 29.0 Å². The molecular weight excluding hydrogens is 274 g/mol. The third kappa shape index (κ3) is 2.46. The molecule has 0 aliphatic carbocycles. The second kappa shape index (κ2) is 5.09. The summed E-state index contributed by atoms with van der Waals surface area (Å²) in [7, 11) is 0. The van der Waals surface area contributed by atoms with Crippen molar-refractivity contribution in [3.63, 3.8) is 0 Å². The molecule has 0 atom stereocenters. The predicted molar refractivity (Wildman–Crippen MR) is 76.1 cm³/mol. The first-order chi connectivity index (χ1) is 10.2. The molecule has 0 radical (unpaired) electrons. The maximum Gasteiger partial charge on any atom is 0.235 e. The first kappa shape index (κ1) is 12.9. The van der Waals surface area contributed by atoms with Crippen LogP contribution in [-0.2, 0) is 0 Å². The summed E-state index contributed by atoms with van der Waals surface area (Å²) in [4.78, 5) is 22.6. The Balaban J connectivity index is 2.00. The third-order valence-corrected chi connectivity index (χ3v) is 2.90. The number of aromatic hydroxyl groups is 1. The zero-order valence-corrected chi connectivity index (χ0v) is 10.6. The maximum absolute atomic E-state index is 12.2. The van der Waals surface area contributed by atoms with Crippen molar-refractivity contribution in [2.24, 2.45) is 5.18 Å². The van der Waals surface area contributed by atoms with Gasteiger partial charge < -0.3 is 14.3 Å². The topological polar surface area (TPSA) is 89.1 Å². The lowest BCUT2D eigenvalue weighted by molar-refractivity contribution is 0.449. The Morgan fingerprint density at radius 3 is 2.57 bits per heavy atom. The van der Waals surface area contributed by atoms with Crippen LogP contribution in [0.4, 0.5) is 5.69 Å². The Bertz CT molecular complexity index is 867. The molecule has 0 aliphatic heterocycles. The van der Waals surface area contributed by atoms with Crippen molar-refractivity contribution in [2.75, 3.05) is 0 Å². The molecule has 104 valence electrons. The highest BCUT2D eigenvalue weighted by Crippen LogP contribution is 2.24. The average molecular weight is 283 g/mol. The number of phenolic OH excluding ortho intramolecular Hbond substituents is 1. The van der Waals surface area contributed by atoms with Gasteiger partial charge in [0.25, 0.3) is 0 Å². The van der Waals surface area contributed by atoms with Crippen molar-refractivity contribution >= 4 is 16.7 Å². The van der Waals surface area contributed by atoms with Gasteiger partial charge >= 0.3 is 0 Å². The van der Waals surface area contributed by atoms with Gasteiger partial charge in [0.05, 0.1) is 5.39 Å². The highest BCUT2D eigenvalue weighted by atomic mass is 16.5. The number of hydrogen-bond acceptors (Lipinski definition) is 6. The van der Waals surface area contributed by atoms with Gasteiger partial charge in [-0.15, -0.1) is 4.91 Å². The summed E-state index contributed by atoms with van der Waals surface area (Å²) < 4.78 is 10.7. The number of ether oxygens (including phenoxy) is 1. The van der Waals surface area contributed by atoms with Crippen LogP contribution in [0.1, 0.15) is 0 Å². The molecule has 1 N–H and O–H groups in total. The first-order valence-corrected chi connectivity index (χ1v) is 6.03. The van der Waals surface area contributed by atoms with Crippen LogP contribution < -0.4 is 10.2 Å². The van der Waals surface area contributed by atoms with E-state index in [4.69, 9.17) is 9.15 Å². The van der Waals surface area contributed by atoms with Crippen molar-refractivity contribution in [1.82, 2.24) is 0 Å².